The van der Waals surface area contributed by atoms with Gasteiger partial charge in [-0.3, -0.25) is 0 Å². The summed E-state index contributed by atoms with van der Waals surface area (Å²) in [5.41, 5.74) is 4.48. The maximum absolute atomic E-state index is 4.00. The molecule has 70 valence electrons. The summed E-state index contributed by atoms with van der Waals surface area (Å²) in [4.78, 5) is 0. The molecule has 2 aliphatic rings. The van der Waals surface area contributed by atoms with Crippen LogP contribution in [0.3, 0.4) is 0 Å². The highest BCUT2D eigenvalue weighted by molar-refractivity contribution is 5.30. The van der Waals surface area contributed by atoms with Gasteiger partial charge < -0.3 is 0 Å². The van der Waals surface area contributed by atoms with Gasteiger partial charge in [0.1, 0.15) is 0 Å². The molecule has 0 heteroatoms. The van der Waals surface area contributed by atoms with Crippen molar-refractivity contribution in [2.75, 3.05) is 0 Å². The topological polar surface area (TPSA) is 0 Å². The average Bonchev–Trinajstić information content (AvgIpc) is 2.02. The molecule has 0 bridgehead atoms. The van der Waals surface area contributed by atoms with Crippen LogP contribution in [0.2, 0.25) is 0 Å². The fourth-order valence-corrected chi connectivity index (χ4v) is 2.24. The number of allylic oxidation sites excluding steroid dienone is 5. The van der Waals surface area contributed by atoms with Crippen LogP contribution in [-0.2, 0) is 0 Å². The molecule has 13 heavy (non-hydrogen) atoms. The van der Waals surface area contributed by atoms with Gasteiger partial charge in [-0.1, -0.05) is 29.9 Å². The molecule has 1 unspecified atom stereocenters. The fourth-order valence-electron chi connectivity index (χ4n) is 2.24. The zero-order valence-corrected chi connectivity index (χ0v) is 8.47. The lowest BCUT2D eigenvalue weighted by Gasteiger charge is -2.28. The molecule has 0 saturated carbocycles. The van der Waals surface area contributed by atoms with Crippen LogP contribution in [0.5, 0.6) is 0 Å². The van der Waals surface area contributed by atoms with Gasteiger partial charge in [0, 0.05) is 0 Å². The SMILES string of the molecule is C=C(C)C1=CCC(C2=CCC2)CC1. The van der Waals surface area contributed by atoms with Crippen molar-refractivity contribution in [3.8, 4) is 0 Å². The van der Waals surface area contributed by atoms with E-state index in [2.05, 4.69) is 25.7 Å². The molecule has 0 N–H and O–H groups in total. The molecule has 0 aromatic heterocycles. The largest absolute Gasteiger partial charge is 0.0958 e. The summed E-state index contributed by atoms with van der Waals surface area (Å²) in [5.74, 6) is 0.872. The molecule has 0 heterocycles. The predicted octanol–water partition coefficient (Wildman–Crippen LogP) is 4.01. The molecule has 0 amide bonds. The second-order valence-electron chi connectivity index (χ2n) is 4.30. The lowest BCUT2D eigenvalue weighted by atomic mass is 9.77. The van der Waals surface area contributed by atoms with Crippen LogP contribution < -0.4 is 0 Å². The van der Waals surface area contributed by atoms with Crippen LogP contribution in [-0.4, -0.2) is 0 Å². The Kier molecular flexibility index (Phi) is 2.39. The van der Waals surface area contributed by atoms with E-state index in [-0.39, 0.29) is 0 Å². The van der Waals surface area contributed by atoms with Gasteiger partial charge >= 0.3 is 0 Å². The van der Waals surface area contributed by atoms with E-state index in [1.54, 1.807) is 5.57 Å². The van der Waals surface area contributed by atoms with E-state index in [9.17, 15) is 0 Å². The molecule has 0 aromatic rings. The minimum atomic E-state index is 0.872. The van der Waals surface area contributed by atoms with Crippen LogP contribution in [0, 0.1) is 5.92 Å². The smallest absolute Gasteiger partial charge is 0.0165 e. The molecular weight excluding hydrogens is 156 g/mol. The standard InChI is InChI=1S/C13H18/c1-10(2)11-6-8-13(9-7-11)12-4-3-5-12/h4,6,13H,1,3,5,7-9H2,2H3. The third-order valence-corrected chi connectivity index (χ3v) is 3.32. The zero-order valence-electron chi connectivity index (χ0n) is 8.47. The number of rotatable bonds is 2. The molecule has 0 nitrogen and oxygen atoms in total. The number of hydrogen-bond acceptors (Lipinski definition) is 0. The first kappa shape index (κ1) is 8.80. The molecule has 2 aliphatic carbocycles. The van der Waals surface area contributed by atoms with Crippen molar-refractivity contribution in [2.45, 2.75) is 39.0 Å². The molecular formula is C13H18. The van der Waals surface area contributed by atoms with Crippen LogP contribution in [0.1, 0.15) is 39.0 Å². The Hall–Kier alpha value is -0.780. The van der Waals surface area contributed by atoms with Gasteiger partial charge in [-0.15, -0.1) is 0 Å². The van der Waals surface area contributed by atoms with E-state index in [1.165, 1.54) is 43.3 Å². The van der Waals surface area contributed by atoms with Crippen molar-refractivity contribution >= 4 is 0 Å². The summed E-state index contributed by atoms with van der Waals surface area (Å²) in [5, 5.41) is 0. The Morgan fingerprint density at radius 1 is 1.38 bits per heavy atom. The molecule has 2 rings (SSSR count). The summed E-state index contributed by atoms with van der Waals surface area (Å²) < 4.78 is 0. The first-order chi connectivity index (χ1) is 6.27. The van der Waals surface area contributed by atoms with Crippen molar-refractivity contribution in [1.29, 1.82) is 0 Å². The molecule has 0 spiro atoms. The molecule has 1 atom stereocenters. The van der Waals surface area contributed by atoms with Crippen molar-refractivity contribution in [1.82, 2.24) is 0 Å². The van der Waals surface area contributed by atoms with Crippen molar-refractivity contribution in [3.05, 3.63) is 35.5 Å². The monoisotopic (exact) mass is 174 g/mol. The quantitative estimate of drug-likeness (QED) is 0.555. The van der Waals surface area contributed by atoms with Crippen LogP contribution in [0.25, 0.3) is 0 Å². The summed E-state index contributed by atoms with van der Waals surface area (Å²) in [6.45, 7) is 6.12. The van der Waals surface area contributed by atoms with E-state index < -0.39 is 0 Å². The van der Waals surface area contributed by atoms with E-state index in [4.69, 9.17) is 0 Å². The van der Waals surface area contributed by atoms with E-state index in [1.807, 2.05) is 0 Å². The van der Waals surface area contributed by atoms with E-state index >= 15 is 0 Å². The van der Waals surface area contributed by atoms with Gasteiger partial charge in [-0.05, 0) is 50.5 Å². The highest BCUT2D eigenvalue weighted by atomic mass is 14.3. The summed E-state index contributed by atoms with van der Waals surface area (Å²) >= 11 is 0. The average molecular weight is 174 g/mol. The first-order valence-corrected chi connectivity index (χ1v) is 5.31. The van der Waals surface area contributed by atoms with E-state index in [0.29, 0.717) is 0 Å². The van der Waals surface area contributed by atoms with Crippen LogP contribution in [0.15, 0.2) is 35.5 Å². The Balaban J connectivity index is 1.98. The predicted molar refractivity (Wildman–Crippen MR) is 57.6 cm³/mol. The first-order valence-electron chi connectivity index (χ1n) is 5.31. The third-order valence-electron chi connectivity index (χ3n) is 3.32. The van der Waals surface area contributed by atoms with Gasteiger partial charge in [0.2, 0.25) is 0 Å². The second kappa shape index (κ2) is 3.53. The van der Waals surface area contributed by atoms with Crippen molar-refractivity contribution in [3.63, 3.8) is 0 Å². The highest BCUT2D eigenvalue weighted by Gasteiger charge is 2.20. The molecule has 0 saturated heterocycles. The van der Waals surface area contributed by atoms with Gasteiger partial charge in [0.15, 0.2) is 0 Å². The summed E-state index contributed by atoms with van der Waals surface area (Å²) in [6.07, 6.45) is 11.4. The minimum Gasteiger partial charge on any atom is -0.0958 e. The Labute approximate surface area is 81.0 Å². The zero-order chi connectivity index (χ0) is 9.26. The van der Waals surface area contributed by atoms with Crippen LogP contribution >= 0.6 is 0 Å². The van der Waals surface area contributed by atoms with Gasteiger partial charge in [-0.25, -0.2) is 0 Å². The highest BCUT2D eigenvalue weighted by Crippen LogP contribution is 2.36. The Bertz CT molecular complexity index is 278. The number of hydrogen-bond donors (Lipinski definition) is 0. The maximum atomic E-state index is 4.00. The molecule has 0 aliphatic heterocycles. The van der Waals surface area contributed by atoms with E-state index in [0.717, 1.165) is 5.92 Å². The summed E-state index contributed by atoms with van der Waals surface area (Å²) in [7, 11) is 0. The summed E-state index contributed by atoms with van der Waals surface area (Å²) in [6, 6.07) is 0. The second-order valence-corrected chi connectivity index (χ2v) is 4.30. The molecule has 0 aromatic carbocycles. The van der Waals surface area contributed by atoms with Crippen molar-refractivity contribution < 1.29 is 0 Å². The Morgan fingerprint density at radius 2 is 2.15 bits per heavy atom. The molecule has 0 fully saturated rings. The lowest BCUT2D eigenvalue weighted by Crippen LogP contribution is -2.12. The van der Waals surface area contributed by atoms with Gasteiger partial charge in [0.25, 0.3) is 0 Å². The van der Waals surface area contributed by atoms with Gasteiger partial charge in [0.05, 0.1) is 0 Å². The van der Waals surface area contributed by atoms with Gasteiger partial charge in [-0.2, -0.15) is 0 Å². The minimum absolute atomic E-state index is 0.872. The van der Waals surface area contributed by atoms with Crippen molar-refractivity contribution in [2.24, 2.45) is 5.92 Å². The maximum Gasteiger partial charge on any atom is -0.0165 e. The fraction of sp³-hybridized carbons (Fsp3) is 0.538. The normalized spacial score (nSPS) is 27.3. The third kappa shape index (κ3) is 1.77. The van der Waals surface area contributed by atoms with Crippen LogP contribution in [0.4, 0.5) is 0 Å². The Morgan fingerprint density at radius 3 is 2.54 bits per heavy atom. The molecule has 0 radical (unpaired) electrons. The lowest BCUT2D eigenvalue weighted by molar-refractivity contribution is 0.505.